The summed E-state index contributed by atoms with van der Waals surface area (Å²) in [7, 11) is 0. The largest absolute Gasteiger partial charge is 0.493 e. The van der Waals surface area contributed by atoms with Crippen LogP contribution in [0.15, 0.2) is 18.2 Å². The molecule has 0 bridgehead atoms. The van der Waals surface area contributed by atoms with Gasteiger partial charge in [0.05, 0.1) is 10.2 Å². The minimum Gasteiger partial charge on any atom is -0.493 e. The number of hydrogen-bond donors (Lipinski definition) is 1. The van der Waals surface area contributed by atoms with Crippen molar-refractivity contribution in [2.75, 3.05) is 13.2 Å². The Hall–Kier alpha value is -0.290. The Balaban J connectivity index is 2.93. The van der Waals surface area contributed by atoms with Gasteiger partial charge in [0.15, 0.2) is 0 Å². The topological polar surface area (TPSA) is 29.5 Å². The third kappa shape index (κ3) is 2.85. The summed E-state index contributed by atoms with van der Waals surface area (Å²) in [6.45, 7) is 4.81. The van der Waals surface area contributed by atoms with E-state index in [1.807, 2.05) is 32.0 Å². The first-order valence-corrected chi connectivity index (χ1v) is 5.80. The standard InChI is InChI=1S/C11H15IO2/c1-3-14-11-6-9(8(2)7-13)4-5-10(11)12/h4-6,8,13H,3,7H2,1-2H3. The molecule has 0 saturated carbocycles. The molecular weight excluding hydrogens is 291 g/mol. The smallest absolute Gasteiger partial charge is 0.132 e. The summed E-state index contributed by atoms with van der Waals surface area (Å²) in [4.78, 5) is 0. The van der Waals surface area contributed by atoms with E-state index in [-0.39, 0.29) is 12.5 Å². The molecule has 0 heterocycles. The maximum absolute atomic E-state index is 9.04. The number of rotatable bonds is 4. The highest BCUT2D eigenvalue weighted by Crippen LogP contribution is 2.26. The zero-order valence-corrected chi connectivity index (χ0v) is 10.6. The molecule has 1 aromatic rings. The first-order chi connectivity index (χ1) is 6.69. The van der Waals surface area contributed by atoms with E-state index in [1.54, 1.807) is 0 Å². The third-order valence-electron chi connectivity index (χ3n) is 2.10. The van der Waals surface area contributed by atoms with E-state index >= 15 is 0 Å². The minimum atomic E-state index is 0.172. The van der Waals surface area contributed by atoms with Gasteiger partial charge in [-0.2, -0.15) is 0 Å². The molecule has 1 unspecified atom stereocenters. The quantitative estimate of drug-likeness (QED) is 0.867. The molecule has 0 aromatic heterocycles. The van der Waals surface area contributed by atoms with Gasteiger partial charge in [0, 0.05) is 12.5 Å². The summed E-state index contributed by atoms with van der Waals surface area (Å²) in [5.41, 5.74) is 1.12. The van der Waals surface area contributed by atoms with Crippen molar-refractivity contribution in [2.45, 2.75) is 19.8 Å². The highest BCUT2D eigenvalue weighted by molar-refractivity contribution is 14.1. The van der Waals surface area contributed by atoms with Gasteiger partial charge in [-0.15, -0.1) is 0 Å². The van der Waals surface area contributed by atoms with Gasteiger partial charge in [0.25, 0.3) is 0 Å². The first kappa shape index (κ1) is 11.8. The maximum Gasteiger partial charge on any atom is 0.132 e. The van der Waals surface area contributed by atoms with Crippen LogP contribution in [0.25, 0.3) is 0 Å². The number of aliphatic hydroxyl groups excluding tert-OH is 1. The Kier molecular flexibility index (Phi) is 4.68. The molecule has 14 heavy (non-hydrogen) atoms. The van der Waals surface area contributed by atoms with Crippen LogP contribution in [-0.4, -0.2) is 18.3 Å². The van der Waals surface area contributed by atoms with Crippen LogP contribution < -0.4 is 4.74 Å². The van der Waals surface area contributed by atoms with Gasteiger partial charge in [-0.3, -0.25) is 0 Å². The Labute approximate surface area is 98.4 Å². The monoisotopic (exact) mass is 306 g/mol. The molecule has 78 valence electrons. The van der Waals surface area contributed by atoms with Crippen molar-refractivity contribution in [3.8, 4) is 5.75 Å². The fraction of sp³-hybridized carbons (Fsp3) is 0.455. The van der Waals surface area contributed by atoms with Crippen molar-refractivity contribution in [2.24, 2.45) is 0 Å². The summed E-state index contributed by atoms with van der Waals surface area (Å²) in [5.74, 6) is 1.08. The molecule has 1 N–H and O–H groups in total. The molecule has 0 radical (unpaired) electrons. The highest BCUT2D eigenvalue weighted by atomic mass is 127. The second kappa shape index (κ2) is 5.56. The molecular formula is C11H15IO2. The van der Waals surface area contributed by atoms with E-state index < -0.39 is 0 Å². The molecule has 0 spiro atoms. The molecule has 0 fully saturated rings. The van der Waals surface area contributed by atoms with Gasteiger partial charge in [-0.05, 0) is 47.2 Å². The minimum absolute atomic E-state index is 0.172. The zero-order chi connectivity index (χ0) is 10.6. The Bertz CT molecular complexity index is 299. The molecule has 2 nitrogen and oxygen atoms in total. The Morgan fingerprint density at radius 2 is 2.21 bits per heavy atom. The second-order valence-electron chi connectivity index (χ2n) is 3.21. The van der Waals surface area contributed by atoms with E-state index in [9.17, 15) is 0 Å². The number of hydrogen-bond acceptors (Lipinski definition) is 2. The van der Waals surface area contributed by atoms with E-state index in [4.69, 9.17) is 9.84 Å². The lowest BCUT2D eigenvalue weighted by Crippen LogP contribution is -2.01. The van der Waals surface area contributed by atoms with E-state index in [1.165, 1.54) is 0 Å². The number of benzene rings is 1. The van der Waals surface area contributed by atoms with Crippen molar-refractivity contribution < 1.29 is 9.84 Å². The predicted molar refractivity (Wildman–Crippen MR) is 65.8 cm³/mol. The predicted octanol–water partition coefficient (Wildman–Crippen LogP) is 2.79. The third-order valence-corrected chi connectivity index (χ3v) is 2.99. The fourth-order valence-electron chi connectivity index (χ4n) is 1.20. The first-order valence-electron chi connectivity index (χ1n) is 4.72. The van der Waals surface area contributed by atoms with Gasteiger partial charge < -0.3 is 9.84 Å². The Morgan fingerprint density at radius 1 is 1.50 bits per heavy atom. The van der Waals surface area contributed by atoms with Crippen LogP contribution in [0.4, 0.5) is 0 Å². The summed E-state index contributed by atoms with van der Waals surface area (Å²) >= 11 is 2.25. The van der Waals surface area contributed by atoms with Crippen LogP contribution in [-0.2, 0) is 0 Å². The molecule has 0 aliphatic heterocycles. The summed E-state index contributed by atoms with van der Waals surface area (Å²) < 4.78 is 6.59. The van der Waals surface area contributed by atoms with Crippen molar-refractivity contribution in [1.82, 2.24) is 0 Å². The van der Waals surface area contributed by atoms with Crippen LogP contribution in [0.5, 0.6) is 5.75 Å². The Morgan fingerprint density at radius 3 is 2.79 bits per heavy atom. The van der Waals surface area contributed by atoms with Crippen LogP contribution in [0.2, 0.25) is 0 Å². The second-order valence-corrected chi connectivity index (χ2v) is 4.37. The fourth-order valence-corrected chi connectivity index (χ4v) is 1.69. The number of halogens is 1. The van der Waals surface area contributed by atoms with Crippen LogP contribution in [0, 0.1) is 3.57 Å². The van der Waals surface area contributed by atoms with Crippen molar-refractivity contribution in [1.29, 1.82) is 0 Å². The van der Waals surface area contributed by atoms with Gasteiger partial charge in [-0.25, -0.2) is 0 Å². The average molecular weight is 306 g/mol. The summed E-state index contributed by atoms with van der Waals surface area (Å²) in [6, 6.07) is 6.06. The molecule has 3 heteroatoms. The molecule has 1 aromatic carbocycles. The van der Waals surface area contributed by atoms with E-state index in [0.29, 0.717) is 6.61 Å². The van der Waals surface area contributed by atoms with Gasteiger partial charge in [-0.1, -0.05) is 13.0 Å². The van der Waals surface area contributed by atoms with Gasteiger partial charge >= 0.3 is 0 Å². The van der Waals surface area contributed by atoms with Crippen LogP contribution in [0.3, 0.4) is 0 Å². The molecule has 0 aliphatic carbocycles. The van der Waals surface area contributed by atoms with Crippen LogP contribution in [0.1, 0.15) is 25.3 Å². The maximum atomic E-state index is 9.04. The lowest BCUT2D eigenvalue weighted by Gasteiger charge is -2.12. The number of ether oxygens (including phenoxy) is 1. The molecule has 1 atom stereocenters. The molecule has 0 saturated heterocycles. The molecule has 0 aliphatic rings. The van der Waals surface area contributed by atoms with Gasteiger partial charge in [0.1, 0.15) is 5.75 Å². The highest BCUT2D eigenvalue weighted by Gasteiger charge is 2.07. The van der Waals surface area contributed by atoms with Gasteiger partial charge in [0.2, 0.25) is 0 Å². The zero-order valence-electron chi connectivity index (χ0n) is 8.46. The van der Waals surface area contributed by atoms with Crippen LogP contribution >= 0.6 is 22.6 Å². The summed E-state index contributed by atoms with van der Waals surface area (Å²) in [5, 5.41) is 9.04. The lowest BCUT2D eigenvalue weighted by atomic mass is 10.0. The normalized spacial score (nSPS) is 12.6. The van der Waals surface area contributed by atoms with Crippen molar-refractivity contribution in [3.63, 3.8) is 0 Å². The molecule has 1 rings (SSSR count). The molecule has 0 amide bonds. The van der Waals surface area contributed by atoms with E-state index in [2.05, 4.69) is 22.6 Å². The SMILES string of the molecule is CCOc1cc(C(C)CO)ccc1I. The van der Waals surface area contributed by atoms with Crippen molar-refractivity contribution >= 4 is 22.6 Å². The average Bonchev–Trinajstić information content (AvgIpc) is 2.20. The van der Waals surface area contributed by atoms with E-state index in [0.717, 1.165) is 14.9 Å². The number of aliphatic hydroxyl groups is 1. The van der Waals surface area contributed by atoms with Crippen molar-refractivity contribution in [3.05, 3.63) is 27.3 Å². The summed E-state index contributed by atoms with van der Waals surface area (Å²) in [6.07, 6.45) is 0. The lowest BCUT2D eigenvalue weighted by molar-refractivity contribution is 0.272.